The highest BCUT2D eigenvalue weighted by atomic mass is 16.5. The van der Waals surface area contributed by atoms with Gasteiger partial charge in [0.15, 0.2) is 5.43 Å². The summed E-state index contributed by atoms with van der Waals surface area (Å²) in [6, 6.07) is 3.47. The van der Waals surface area contributed by atoms with Crippen molar-refractivity contribution in [1.29, 1.82) is 0 Å². The molecule has 0 saturated carbocycles. The summed E-state index contributed by atoms with van der Waals surface area (Å²) in [5.41, 5.74) is 4.90. The summed E-state index contributed by atoms with van der Waals surface area (Å²) in [6.45, 7) is 4.76. The molecule has 7 nitrogen and oxygen atoms in total. The van der Waals surface area contributed by atoms with Crippen LogP contribution in [0, 0.1) is 0 Å². The molecule has 2 N–H and O–H groups in total. The SMILES string of the molecule is CC1(C)Cc2c3c(cc(-c4cn[nH]c4)c2O1)-c1cc(=O)c(C(=O)O)cn1CC3. The number of aromatic nitrogens is 3. The third-order valence-corrected chi connectivity index (χ3v) is 5.52. The van der Waals surface area contributed by atoms with Gasteiger partial charge in [0.2, 0.25) is 0 Å². The maximum Gasteiger partial charge on any atom is 0.341 e. The second-order valence-corrected chi connectivity index (χ2v) is 7.97. The molecule has 0 atom stereocenters. The Labute approximate surface area is 160 Å². The summed E-state index contributed by atoms with van der Waals surface area (Å²) in [5, 5.41) is 16.2. The van der Waals surface area contributed by atoms with Crippen molar-refractivity contribution >= 4 is 5.97 Å². The molecule has 2 aliphatic rings. The first kappa shape index (κ1) is 16.8. The minimum absolute atomic E-state index is 0.201. The van der Waals surface area contributed by atoms with E-state index in [4.69, 9.17) is 4.74 Å². The molecule has 2 aliphatic heterocycles. The van der Waals surface area contributed by atoms with Crippen molar-refractivity contribution in [2.75, 3.05) is 0 Å². The molecule has 0 fully saturated rings. The zero-order chi connectivity index (χ0) is 19.6. The zero-order valence-electron chi connectivity index (χ0n) is 15.6. The Morgan fingerprint density at radius 2 is 2.11 bits per heavy atom. The monoisotopic (exact) mass is 377 g/mol. The molecule has 0 aliphatic carbocycles. The van der Waals surface area contributed by atoms with Crippen LogP contribution in [0.1, 0.15) is 35.3 Å². The number of carboxylic acid groups (broad SMARTS) is 1. The molecule has 4 heterocycles. The lowest BCUT2D eigenvalue weighted by molar-refractivity contribution is 0.0694. The molecule has 0 unspecified atom stereocenters. The summed E-state index contributed by atoms with van der Waals surface area (Å²) in [7, 11) is 0. The van der Waals surface area contributed by atoms with Crippen molar-refractivity contribution in [1.82, 2.24) is 14.8 Å². The van der Waals surface area contributed by atoms with E-state index in [2.05, 4.69) is 24.0 Å². The van der Waals surface area contributed by atoms with E-state index in [1.165, 1.54) is 23.4 Å². The number of aryl methyl sites for hydroxylation is 1. The lowest BCUT2D eigenvalue weighted by Crippen LogP contribution is -2.25. The van der Waals surface area contributed by atoms with Gasteiger partial charge in [0.25, 0.3) is 0 Å². The Morgan fingerprint density at radius 3 is 2.82 bits per heavy atom. The van der Waals surface area contributed by atoms with Gasteiger partial charge in [-0.2, -0.15) is 5.10 Å². The van der Waals surface area contributed by atoms with Gasteiger partial charge in [-0.05, 0) is 31.9 Å². The van der Waals surface area contributed by atoms with Crippen LogP contribution >= 0.6 is 0 Å². The summed E-state index contributed by atoms with van der Waals surface area (Å²) >= 11 is 0. The summed E-state index contributed by atoms with van der Waals surface area (Å²) in [6.07, 6.45) is 6.57. The van der Waals surface area contributed by atoms with Crippen molar-refractivity contribution in [2.45, 2.75) is 38.8 Å². The normalized spacial score (nSPS) is 16.1. The third-order valence-electron chi connectivity index (χ3n) is 5.52. The van der Waals surface area contributed by atoms with E-state index in [-0.39, 0.29) is 11.2 Å². The predicted molar refractivity (Wildman–Crippen MR) is 103 cm³/mol. The number of H-pyrrole nitrogens is 1. The first-order valence-electron chi connectivity index (χ1n) is 9.19. The maximum absolute atomic E-state index is 12.4. The number of carbonyl (C=O) groups is 1. The number of ether oxygens (including phenoxy) is 1. The maximum atomic E-state index is 12.4. The number of pyridine rings is 1. The second kappa shape index (κ2) is 5.58. The fourth-order valence-electron chi connectivity index (χ4n) is 4.31. The molecular weight excluding hydrogens is 358 g/mol. The first-order chi connectivity index (χ1) is 13.3. The van der Waals surface area contributed by atoms with Crippen molar-refractivity contribution in [2.24, 2.45) is 0 Å². The molecule has 0 spiro atoms. The van der Waals surface area contributed by atoms with Crippen molar-refractivity contribution in [3.63, 3.8) is 0 Å². The molecule has 0 amide bonds. The topological polar surface area (TPSA) is 97.2 Å². The Morgan fingerprint density at radius 1 is 1.29 bits per heavy atom. The Balaban J connectivity index is 1.80. The minimum Gasteiger partial charge on any atom is -0.487 e. The predicted octanol–water partition coefficient (Wildman–Crippen LogP) is 2.87. The van der Waals surface area contributed by atoms with Crippen LogP contribution in [0.4, 0.5) is 0 Å². The number of hydrogen-bond acceptors (Lipinski definition) is 4. The fraction of sp³-hybridized carbons (Fsp3) is 0.286. The van der Waals surface area contributed by atoms with Gasteiger partial charge in [-0.3, -0.25) is 9.89 Å². The van der Waals surface area contributed by atoms with Crippen LogP contribution in [-0.4, -0.2) is 31.4 Å². The van der Waals surface area contributed by atoms with E-state index in [0.717, 1.165) is 41.0 Å². The molecule has 142 valence electrons. The molecular formula is C21H19N3O4. The van der Waals surface area contributed by atoms with Gasteiger partial charge < -0.3 is 14.4 Å². The van der Waals surface area contributed by atoms with Gasteiger partial charge in [0.05, 0.1) is 11.9 Å². The number of aromatic carboxylic acids is 1. The van der Waals surface area contributed by atoms with Crippen LogP contribution in [0.25, 0.3) is 22.4 Å². The number of fused-ring (bicyclic) bond motifs is 5. The summed E-state index contributed by atoms with van der Waals surface area (Å²) < 4.78 is 8.15. The van der Waals surface area contributed by atoms with Gasteiger partial charge >= 0.3 is 5.97 Å². The highest BCUT2D eigenvalue weighted by Crippen LogP contribution is 2.48. The van der Waals surface area contributed by atoms with Crippen LogP contribution in [0.5, 0.6) is 5.75 Å². The number of hydrogen-bond donors (Lipinski definition) is 2. The molecule has 5 rings (SSSR count). The molecule has 0 bridgehead atoms. The highest BCUT2D eigenvalue weighted by Gasteiger charge is 2.36. The van der Waals surface area contributed by atoms with E-state index in [1.54, 1.807) is 6.20 Å². The molecule has 28 heavy (non-hydrogen) atoms. The minimum atomic E-state index is -1.20. The number of carboxylic acids is 1. The summed E-state index contributed by atoms with van der Waals surface area (Å²) in [5.74, 6) is -0.322. The van der Waals surface area contributed by atoms with Crippen molar-refractivity contribution in [3.8, 4) is 28.1 Å². The van der Waals surface area contributed by atoms with E-state index in [0.29, 0.717) is 6.54 Å². The number of benzene rings is 1. The summed E-state index contributed by atoms with van der Waals surface area (Å²) in [4.78, 5) is 23.7. The van der Waals surface area contributed by atoms with Gasteiger partial charge in [-0.25, -0.2) is 4.79 Å². The Bertz CT molecular complexity index is 1190. The Kier molecular flexibility index (Phi) is 3.34. The van der Waals surface area contributed by atoms with E-state index in [9.17, 15) is 14.7 Å². The van der Waals surface area contributed by atoms with Crippen molar-refractivity contribution in [3.05, 3.63) is 57.6 Å². The molecule has 0 saturated heterocycles. The Hall–Kier alpha value is -3.35. The number of rotatable bonds is 2. The molecule has 3 aromatic rings. The number of nitrogens with zero attached hydrogens (tertiary/aromatic N) is 2. The lowest BCUT2D eigenvalue weighted by Gasteiger charge is -2.25. The largest absolute Gasteiger partial charge is 0.487 e. The first-order valence-corrected chi connectivity index (χ1v) is 9.19. The average Bonchev–Trinajstić information content (AvgIpc) is 3.26. The smallest absolute Gasteiger partial charge is 0.341 e. The van der Waals surface area contributed by atoms with Gasteiger partial charge in [-0.15, -0.1) is 0 Å². The van der Waals surface area contributed by atoms with Crippen LogP contribution in [0.3, 0.4) is 0 Å². The van der Waals surface area contributed by atoms with Crippen LogP contribution in [0.15, 0.2) is 35.5 Å². The van der Waals surface area contributed by atoms with Crippen molar-refractivity contribution < 1.29 is 14.6 Å². The fourth-order valence-corrected chi connectivity index (χ4v) is 4.31. The average molecular weight is 377 g/mol. The van der Waals surface area contributed by atoms with E-state index in [1.807, 2.05) is 16.8 Å². The molecule has 7 heteroatoms. The van der Waals surface area contributed by atoms with Crippen LogP contribution in [0.2, 0.25) is 0 Å². The second-order valence-electron chi connectivity index (χ2n) is 7.97. The van der Waals surface area contributed by atoms with Gasteiger partial charge in [0, 0.05) is 53.7 Å². The molecule has 1 aromatic carbocycles. The quantitative estimate of drug-likeness (QED) is 0.716. The van der Waals surface area contributed by atoms with Gasteiger partial charge in [-0.1, -0.05) is 0 Å². The van der Waals surface area contributed by atoms with Gasteiger partial charge in [0.1, 0.15) is 16.9 Å². The number of aromatic amines is 1. The van der Waals surface area contributed by atoms with Crippen LogP contribution < -0.4 is 10.2 Å². The van der Waals surface area contributed by atoms with Crippen LogP contribution in [-0.2, 0) is 19.4 Å². The van der Waals surface area contributed by atoms with E-state index < -0.39 is 11.4 Å². The molecule has 0 radical (unpaired) electrons. The molecule has 2 aromatic heterocycles. The lowest BCUT2D eigenvalue weighted by atomic mass is 9.86. The zero-order valence-corrected chi connectivity index (χ0v) is 15.6. The van der Waals surface area contributed by atoms with E-state index >= 15 is 0 Å². The highest BCUT2D eigenvalue weighted by molar-refractivity contribution is 5.88. The number of nitrogens with one attached hydrogen (secondary N) is 1. The third kappa shape index (κ3) is 2.39. The standard InChI is InChI=1S/C21H19N3O4/c1-21(2)7-15-12-3-4-24-10-16(20(26)27)18(25)6-17(24)14(12)5-13(19(15)28-21)11-8-22-23-9-11/h5-6,8-10H,3-4,7H2,1-2H3,(H,22,23)(H,26,27).